The quantitative estimate of drug-likeness (QED) is 0.715. The monoisotopic (exact) mass is 229 g/mol. The van der Waals surface area contributed by atoms with Gasteiger partial charge in [0, 0.05) is 32.8 Å². The van der Waals surface area contributed by atoms with E-state index in [1.165, 1.54) is 25.9 Å². The van der Waals surface area contributed by atoms with Crippen LogP contribution in [0.1, 0.15) is 19.3 Å². The molecule has 0 amide bonds. The minimum atomic E-state index is 0.222. The van der Waals surface area contributed by atoms with E-state index in [0.29, 0.717) is 12.6 Å². The van der Waals surface area contributed by atoms with Crippen molar-refractivity contribution < 1.29 is 4.74 Å². The number of rotatable bonds is 6. The highest BCUT2D eigenvalue weighted by Gasteiger charge is 2.21. The highest BCUT2D eigenvalue weighted by Crippen LogP contribution is 2.14. The van der Waals surface area contributed by atoms with Gasteiger partial charge in [0.05, 0.1) is 6.10 Å². The fourth-order valence-corrected chi connectivity index (χ4v) is 2.31. The van der Waals surface area contributed by atoms with E-state index in [4.69, 9.17) is 10.5 Å². The lowest BCUT2D eigenvalue weighted by molar-refractivity contribution is 0.0749. The molecule has 96 valence electrons. The second-order valence-electron chi connectivity index (χ2n) is 4.94. The fraction of sp³-hybridized carbons (Fsp3) is 1.00. The van der Waals surface area contributed by atoms with Crippen LogP contribution < -0.4 is 5.73 Å². The number of hydrogen-bond acceptors (Lipinski definition) is 4. The molecule has 1 heterocycles. The van der Waals surface area contributed by atoms with Crippen molar-refractivity contribution in [3.8, 4) is 0 Å². The van der Waals surface area contributed by atoms with E-state index in [1.54, 1.807) is 7.11 Å². The number of nitrogens with zero attached hydrogens (tertiary/aromatic N) is 2. The van der Waals surface area contributed by atoms with Gasteiger partial charge in [-0.15, -0.1) is 0 Å². The standard InChI is InChI=1S/C12H27N3O/c1-14(2)11-5-4-7-15(10-11)8-6-12(9-13)16-3/h11-12H,4-10,13H2,1-3H3. The molecule has 0 aromatic carbocycles. The highest BCUT2D eigenvalue weighted by atomic mass is 16.5. The summed E-state index contributed by atoms with van der Waals surface area (Å²) < 4.78 is 5.30. The van der Waals surface area contributed by atoms with Gasteiger partial charge in [-0.25, -0.2) is 0 Å². The summed E-state index contributed by atoms with van der Waals surface area (Å²) in [5.41, 5.74) is 5.62. The van der Waals surface area contributed by atoms with Crippen molar-refractivity contribution in [2.24, 2.45) is 5.73 Å². The number of piperidine rings is 1. The molecule has 0 aliphatic carbocycles. The normalized spacial score (nSPS) is 24.9. The summed E-state index contributed by atoms with van der Waals surface area (Å²) in [6.45, 7) is 4.15. The van der Waals surface area contributed by atoms with Gasteiger partial charge in [-0.1, -0.05) is 0 Å². The molecule has 1 saturated heterocycles. The second kappa shape index (κ2) is 7.22. The van der Waals surface area contributed by atoms with Crippen molar-refractivity contribution in [1.29, 1.82) is 0 Å². The minimum Gasteiger partial charge on any atom is -0.380 e. The molecule has 16 heavy (non-hydrogen) atoms. The summed E-state index contributed by atoms with van der Waals surface area (Å²) >= 11 is 0. The van der Waals surface area contributed by atoms with E-state index in [0.717, 1.165) is 13.0 Å². The molecule has 0 spiro atoms. The summed E-state index contributed by atoms with van der Waals surface area (Å²) in [7, 11) is 6.09. The van der Waals surface area contributed by atoms with Crippen molar-refractivity contribution in [1.82, 2.24) is 9.80 Å². The molecule has 4 nitrogen and oxygen atoms in total. The maximum Gasteiger partial charge on any atom is 0.0705 e. The van der Waals surface area contributed by atoms with Gasteiger partial charge in [-0.05, 0) is 39.9 Å². The van der Waals surface area contributed by atoms with Gasteiger partial charge in [0.25, 0.3) is 0 Å². The smallest absolute Gasteiger partial charge is 0.0705 e. The van der Waals surface area contributed by atoms with Crippen molar-refractivity contribution in [3.05, 3.63) is 0 Å². The Labute approximate surface area is 99.7 Å². The lowest BCUT2D eigenvalue weighted by atomic mass is 10.0. The van der Waals surface area contributed by atoms with Crippen molar-refractivity contribution in [3.63, 3.8) is 0 Å². The molecule has 1 fully saturated rings. The maximum atomic E-state index is 5.62. The summed E-state index contributed by atoms with van der Waals surface area (Å²) in [5.74, 6) is 0. The summed E-state index contributed by atoms with van der Waals surface area (Å²) in [6, 6.07) is 0.715. The van der Waals surface area contributed by atoms with E-state index in [-0.39, 0.29) is 6.10 Å². The van der Waals surface area contributed by atoms with E-state index >= 15 is 0 Å². The summed E-state index contributed by atoms with van der Waals surface area (Å²) in [4.78, 5) is 4.87. The number of likely N-dealkylation sites (tertiary alicyclic amines) is 1. The van der Waals surface area contributed by atoms with Crippen LogP contribution in [0.4, 0.5) is 0 Å². The molecule has 0 bridgehead atoms. The number of hydrogen-bond donors (Lipinski definition) is 1. The summed E-state index contributed by atoms with van der Waals surface area (Å²) in [6.07, 6.45) is 3.91. The molecule has 2 unspecified atom stereocenters. The fourth-order valence-electron chi connectivity index (χ4n) is 2.31. The molecular weight excluding hydrogens is 202 g/mol. The number of likely N-dealkylation sites (N-methyl/N-ethyl adjacent to an activating group) is 1. The molecular formula is C12H27N3O. The molecule has 2 N–H and O–H groups in total. The Kier molecular flexibility index (Phi) is 6.28. The first-order valence-corrected chi connectivity index (χ1v) is 6.29. The Bertz CT molecular complexity index is 183. The third kappa shape index (κ3) is 4.37. The Morgan fingerprint density at radius 1 is 1.50 bits per heavy atom. The van der Waals surface area contributed by atoms with Gasteiger partial charge in [-0.2, -0.15) is 0 Å². The van der Waals surface area contributed by atoms with E-state index in [1.807, 2.05) is 0 Å². The predicted molar refractivity (Wildman–Crippen MR) is 67.6 cm³/mol. The van der Waals surface area contributed by atoms with Crippen LogP contribution in [-0.2, 0) is 4.74 Å². The Hall–Kier alpha value is -0.160. The zero-order valence-electron chi connectivity index (χ0n) is 11.0. The zero-order valence-corrected chi connectivity index (χ0v) is 11.0. The number of nitrogens with two attached hydrogens (primary N) is 1. The van der Waals surface area contributed by atoms with Crippen LogP contribution >= 0.6 is 0 Å². The van der Waals surface area contributed by atoms with Crippen LogP contribution in [0.3, 0.4) is 0 Å². The lowest BCUT2D eigenvalue weighted by Crippen LogP contribution is -2.46. The van der Waals surface area contributed by atoms with E-state index < -0.39 is 0 Å². The first-order valence-electron chi connectivity index (χ1n) is 6.29. The molecule has 0 radical (unpaired) electrons. The zero-order chi connectivity index (χ0) is 12.0. The topological polar surface area (TPSA) is 41.7 Å². The maximum absolute atomic E-state index is 5.62. The van der Waals surface area contributed by atoms with Gasteiger partial charge in [0.15, 0.2) is 0 Å². The van der Waals surface area contributed by atoms with Gasteiger partial charge < -0.3 is 20.3 Å². The van der Waals surface area contributed by atoms with Crippen LogP contribution in [0.2, 0.25) is 0 Å². The Morgan fingerprint density at radius 3 is 2.81 bits per heavy atom. The third-order valence-electron chi connectivity index (χ3n) is 3.57. The van der Waals surface area contributed by atoms with Crippen LogP contribution in [0, 0.1) is 0 Å². The van der Waals surface area contributed by atoms with Crippen LogP contribution in [0.5, 0.6) is 0 Å². The average Bonchev–Trinajstić information content (AvgIpc) is 2.31. The van der Waals surface area contributed by atoms with Gasteiger partial charge >= 0.3 is 0 Å². The summed E-state index contributed by atoms with van der Waals surface area (Å²) in [5, 5.41) is 0. The molecule has 4 heteroatoms. The molecule has 1 rings (SSSR count). The number of ether oxygens (including phenoxy) is 1. The molecule has 0 aromatic rings. The van der Waals surface area contributed by atoms with Gasteiger partial charge in [-0.3, -0.25) is 0 Å². The van der Waals surface area contributed by atoms with Crippen molar-refractivity contribution in [2.75, 3.05) is 47.4 Å². The SMILES string of the molecule is COC(CN)CCN1CCCC(N(C)C)C1. The van der Waals surface area contributed by atoms with Crippen molar-refractivity contribution >= 4 is 0 Å². The Morgan fingerprint density at radius 2 is 2.25 bits per heavy atom. The first-order chi connectivity index (χ1) is 7.67. The van der Waals surface area contributed by atoms with Crippen LogP contribution in [-0.4, -0.2) is 69.3 Å². The number of methoxy groups -OCH3 is 1. The molecule has 1 aliphatic rings. The molecule has 0 saturated carbocycles. The van der Waals surface area contributed by atoms with Crippen LogP contribution in [0.25, 0.3) is 0 Å². The van der Waals surface area contributed by atoms with Crippen molar-refractivity contribution in [2.45, 2.75) is 31.4 Å². The van der Waals surface area contributed by atoms with Gasteiger partial charge in [0.2, 0.25) is 0 Å². The molecule has 1 aliphatic heterocycles. The van der Waals surface area contributed by atoms with E-state index in [2.05, 4.69) is 23.9 Å². The second-order valence-corrected chi connectivity index (χ2v) is 4.94. The molecule has 2 atom stereocenters. The highest BCUT2D eigenvalue weighted by molar-refractivity contribution is 4.78. The lowest BCUT2D eigenvalue weighted by Gasteiger charge is -2.36. The van der Waals surface area contributed by atoms with Gasteiger partial charge in [0.1, 0.15) is 0 Å². The molecule has 0 aromatic heterocycles. The largest absolute Gasteiger partial charge is 0.380 e. The van der Waals surface area contributed by atoms with E-state index in [9.17, 15) is 0 Å². The minimum absolute atomic E-state index is 0.222. The third-order valence-corrected chi connectivity index (χ3v) is 3.57. The average molecular weight is 229 g/mol. The first kappa shape index (κ1) is 13.9. The Balaban J connectivity index is 2.26. The van der Waals surface area contributed by atoms with Crippen LogP contribution in [0.15, 0.2) is 0 Å². The predicted octanol–water partition coefficient (Wildman–Crippen LogP) is 0.376.